The molecule has 0 saturated carbocycles. The van der Waals surface area contributed by atoms with E-state index in [4.69, 9.17) is 24.3 Å². The summed E-state index contributed by atoms with van der Waals surface area (Å²) in [5.41, 5.74) is 0. The van der Waals surface area contributed by atoms with Gasteiger partial charge < -0.3 is 24.3 Å². The molecule has 1 fully saturated rings. The molecule has 0 spiro atoms. The highest BCUT2D eigenvalue weighted by atomic mass is 31.3. The van der Waals surface area contributed by atoms with Gasteiger partial charge in [-0.1, -0.05) is 27.7 Å². The first-order valence-corrected chi connectivity index (χ1v) is 11.8. The van der Waals surface area contributed by atoms with Crippen LogP contribution >= 0.6 is 23.5 Å². The molecule has 1 aliphatic rings. The topological polar surface area (TPSA) is 169 Å². The second-order valence-corrected chi connectivity index (χ2v) is 8.45. The van der Waals surface area contributed by atoms with Crippen molar-refractivity contribution in [2.75, 3.05) is 6.61 Å². The van der Waals surface area contributed by atoms with Gasteiger partial charge in [-0.15, -0.1) is 0 Å². The lowest BCUT2D eigenvalue weighted by atomic mass is 10.2. The van der Waals surface area contributed by atoms with Gasteiger partial charge in [0.05, 0.1) is 18.8 Å². The van der Waals surface area contributed by atoms with Gasteiger partial charge in [0.2, 0.25) is 0 Å². The average Bonchev–Trinajstić information content (AvgIpc) is 2.83. The Morgan fingerprint density at radius 1 is 0.917 bits per heavy atom. The Bertz CT molecular complexity index is 477. The van der Waals surface area contributed by atoms with E-state index in [0.29, 0.717) is 6.42 Å². The summed E-state index contributed by atoms with van der Waals surface area (Å²) in [6, 6.07) is 0. The standard InChI is InChI=1S/C6H15O11P3.2C2H6/c1-5-2-3-6(15-5)4-14-19(10,11)17-20(12,13)16-18(7,8)9;2*1-2/h5-6H,2-4H2,1H3,(H,10,11)(H,12,13)(H2,7,8,9);2*1-2H3/t5-,6-;;/m0../s1. The zero-order chi connectivity index (χ0) is 19.6. The molecule has 0 bridgehead atoms. The maximum Gasteiger partial charge on any atom is 0.490 e. The van der Waals surface area contributed by atoms with Crippen LogP contribution in [0.15, 0.2) is 0 Å². The summed E-state index contributed by atoms with van der Waals surface area (Å²) < 4.78 is 49.5. The summed E-state index contributed by atoms with van der Waals surface area (Å²) in [6.07, 6.45) is 0.779. The highest BCUT2D eigenvalue weighted by Gasteiger charge is 2.41. The Labute approximate surface area is 141 Å². The number of rotatable bonds is 7. The number of phosphoric ester groups is 1. The summed E-state index contributed by atoms with van der Waals surface area (Å²) in [6.45, 7) is 9.42. The zero-order valence-electron chi connectivity index (χ0n) is 14.3. The minimum Gasteiger partial charge on any atom is -0.373 e. The van der Waals surface area contributed by atoms with Crippen LogP contribution in [0.25, 0.3) is 0 Å². The van der Waals surface area contributed by atoms with Crippen LogP contribution in [0.5, 0.6) is 0 Å². The van der Waals surface area contributed by atoms with Crippen molar-refractivity contribution in [2.24, 2.45) is 0 Å². The number of phosphoric acid groups is 3. The van der Waals surface area contributed by atoms with E-state index < -0.39 is 29.6 Å². The van der Waals surface area contributed by atoms with Gasteiger partial charge in [0.25, 0.3) is 0 Å². The second kappa shape index (κ2) is 11.9. The largest absolute Gasteiger partial charge is 0.490 e. The van der Waals surface area contributed by atoms with Crippen LogP contribution in [0, 0.1) is 0 Å². The van der Waals surface area contributed by atoms with Gasteiger partial charge in [-0.05, 0) is 19.8 Å². The molecule has 14 heteroatoms. The Morgan fingerprint density at radius 3 is 1.79 bits per heavy atom. The normalized spacial score (nSPS) is 25.4. The average molecular weight is 416 g/mol. The molecule has 24 heavy (non-hydrogen) atoms. The van der Waals surface area contributed by atoms with Gasteiger partial charge in [-0.3, -0.25) is 4.52 Å². The van der Waals surface area contributed by atoms with Crippen LogP contribution in [-0.2, 0) is 31.6 Å². The molecule has 0 aliphatic carbocycles. The SMILES string of the molecule is CC.CC.C[C@H]1CC[C@@H](COP(=O)(O)OP(=O)(O)OP(=O)(O)O)O1. The molecule has 0 radical (unpaired) electrons. The molecule has 11 nitrogen and oxygen atoms in total. The van der Waals surface area contributed by atoms with Crippen molar-refractivity contribution in [3.63, 3.8) is 0 Å². The minimum absolute atomic E-state index is 0.0375. The molecule has 1 heterocycles. The van der Waals surface area contributed by atoms with E-state index in [0.717, 1.165) is 6.42 Å². The van der Waals surface area contributed by atoms with E-state index in [2.05, 4.69) is 13.1 Å². The third-order valence-corrected chi connectivity index (χ3v) is 5.96. The van der Waals surface area contributed by atoms with Gasteiger partial charge in [0.15, 0.2) is 0 Å². The van der Waals surface area contributed by atoms with Crippen LogP contribution in [0.4, 0.5) is 0 Å². The van der Waals surface area contributed by atoms with Crippen LogP contribution in [0.2, 0.25) is 0 Å². The molecule has 0 amide bonds. The Balaban J connectivity index is 0. The fourth-order valence-electron chi connectivity index (χ4n) is 1.49. The summed E-state index contributed by atoms with van der Waals surface area (Å²) in [4.78, 5) is 34.7. The quantitative estimate of drug-likeness (QED) is 0.450. The van der Waals surface area contributed by atoms with Gasteiger partial charge in [-0.2, -0.15) is 8.62 Å². The Kier molecular flexibility index (Phi) is 13.2. The molecule has 148 valence electrons. The van der Waals surface area contributed by atoms with Gasteiger partial charge >= 0.3 is 23.5 Å². The van der Waals surface area contributed by atoms with Gasteiger partial charge in [0, 0.05) is 0 Å². The highest BCUT2D eigenvalue weighted by Crippen LogP contribution is 2.66. The van der Waals surface area contributed by atoms with Crippen molar-refractivity contribution < 1.29 is 51.2 Å². The first kappa shape index (κ1) is 26.6. The maximum absolute atomic E-state index is 11.3. The predicted molar refractivity (Wildman–Crippen MR) is 86.1 cm³/mol. The van der Waals surface area contributed by atoms with Gasteiger partial charge in [0.1, 0.15) is 0 Å². The molecule has 0 aromatic rings. The number of ether oxygens (including phenoxy) is 1. The lowest BCUT2D eigenvalue weighted by Crippen LogP contribution is -2.15. The van der Waals surface area contributed by atoms with E-state index >= 15 is 0 Å². The van der Waals surface area contributed by atoms with Crippen molar-refractivity contribution in [1.29, 1.82) is 0 Å². The molecular weight excluding hydrogens is 389 g/mol. The van der Waals surface area contributed by atoms with E-state index in [1.807, 2.05) is 27.7 Å². The van der Waals surface area contributed by atoms with E-state index in [-0.39, 0.29) is 12.7 Å². The summed E-state index contributed by atoms with van der Waals surface area (Å²) >= 11 is 0. The first-order chi connectivity index (χ1) is 10.9. The fraction of sp³-hybridized carbons (Fsp3) is 1.00. The minimum atomic E-state index is -5.45. The van der Waals surface area contributed by atoms with Crippen LogP contribution in [0.3, 0.4) is 0 Å². The Morgan fingerprint density at radius 2 is 1.42 bits per heavy atom. The molecule has 2 unspecified atom stereocenters. The van der Waals surface area contributed by atoms with Crippen molar-refractivity contribution in [3.8, 4) is 0 Å². The third kappa shape index (κ3) is 13.6. The van der Waals surface area contributed by atoms with E-state index in [1.54, 1.807) is 6.92 Å². The van der Waals surface area contributed by atoms with E-state index in [1.165, 1.54) is 0 Å². The third-order valence-electron chi connectivity index (χ3n) is 2.16. The monoisotopic (exact) mass is 416 g/mol. The van der Waals surface area contributed by atoms with Gasteiger partial charge in [-0.25, -0.2) is 13.7 Å². The van der Waals surface area contributed by atoms with Crippen molar-refractivity contribution in [2.45, 2.75) is 59.7 Å². The number of hydrogen-bond donors (Lipinski definition) is 4. The first-order valence-electron chi connectivity index (χ1n) is 7.32. The fourth-order valence-corrected chi connectivity index (χ4v) is 4.54. The second-order valence-electron chi connectivity index (χ2n) is 4.03. The number of hydrogen-bond acceptors (Lipinski definition) is 7. The smallest absolute Gasteiger partial charge is 0.373 e. The predicted octanol–water partition coefficient (Wildman–Crippen LogP) is 2.95. The van der Waals surface area contributed by atoms with Crippen LogP contribution in [0.1, 0.15) is 47.5 Å². The molecule has 0 aromatic carbocycles. The molecule has 0 aromatic heterocycles. The molecular formula is C10H27O11P3. The molecule has 1 rings (SSSR count). The van der Waals surface area contributed by atoms with Crippen molar-refractivity contribution in [3.05, 3.63) is 0 Å². The molecule has 1 aliphatic heterocycles. The molecule has 4 N–H and O–H groups in total. The van der Waals surface area contributed by atoms with E-state index in [9.17, 15) is 13.7 Å². The van der Waals surface area contributed by atoms with Crippen LogP contribution < -0.4 is 0 Å². The molecule has 4 atom stereocenters. The summed E-state index contributed by atoms with van der Waals surface area (Å²) in [7, 11) is -15.9. The van der Waals surface area contributed by atoms with Crippen LogP contribution in [-0.4, -0.2) is 38.4 Å². The Hall–Kier alpha value is 0.370. The lowest BCUT2D eigenvalue weighted by molar-refractivity contribution is 0.0184. The highest BCUT2D eigenvalue weighted by molar-refractivity contribution is 7.66. The lowest BCUT2D eigenvalue weighted by Gasteiger charge is -2.17. The summed E-state index contributed by atoms with van der Waals surface area (Å²) in [5, 5.41) is 0. The van der Waals surface area contributed by atoms with Crippen molar-refractivity contribution >= 4 is 23.5 Å². The maximum atomic E-state index is 11.3. The van der Waals surface area contributed by atoms with Crippen molar-refractivity contribution in [1.82, 2.24) is 0 Å². The zero-order valence-corrected chi connectivity index (χ0v) is 16.9. The summed E-state index contributed by atoms with van der Waals surface area (Å²) in [5.74, 6) is 0. The molecule has 1 saturated heterocycles.